The molecule has 0 unspecified atom stereocenters. The first-order valence-corrected chi connectivity index (χ1v) is 8.12. The molecule has 3 aromatic heterocycles. The van der Waals surface area contributed by atoms with E-state index in [1.54, 1.807) is 41.4 Å². The van der Waals surface area contributed by atoms with Crippen LogP contribution in [0.25, 0.3) is 22.4 Å². The molecule has 0 spiro atoms. The Morgan fingerprint density at radius 1 is 1.19 bits per heavy atom. The first-order chi connectivity index (χ1) is 12.7. The summed E-state index contributed by atoms with van der Waals surface area (Å²) < 4.78 is 13.5. The Balaban J connectivity index is 1.34. The number of oxazole rings is 1. The highest BCUT2D eigenvalue weighted by Gasteiger charge is 2.12. The van der Waals surface area contributed by atoms with Gasteiger partial charge in [0.15, 0.2) is 5.58 Å². The molecule has 0 saturated heterocycles. The molecular weight excluding hydrogens is 336 g/mol. The zero-order valence-corrected chi connectivity index (χ0v) is 13.8. The molecule has 1 amide bonds. The van der Waals surface area contributed by atoms with Gasteiger partial charge in [0.05, 0.1) is 30.1 Å². The Morgan fingerprint density at radius 2 is 2.08 bits per heavy atom. The molecule has 4 rings (SSSR count). The summed E-state index contributed by atoms with van der Waals surface area (Å²) in [6, 6.07) is 10.7. The number of nitrogens with one attached hydrogen (secondary N) is 1. The Hall–Kier alpha value is -3.55. The molecule has 0 saturated carbocycles. The van der Waals surface area contributed by atoms with Gasteiger partial charge in [-0.15, -0.1) is 0 Å². The number of carbonyl (C=O) groups is 1. The van der Waals surface area contributed by atoms with Gasteiger partial charge in [-0.3, -0.25) is 14.0 Å². The smallest absolute Gasteiger partial charge is 0.420 e. The monoisotopic (exact) mass is 352 g/mol. The highest BCUT2D eigenvalue weighted by molar-refractivity contribution is 5.79. The Bertz CT molecular complexity index is 1090. The third-order valence-electron chi connectivity index (χ3n) is 3.98. The van der Waals surface area contributed by atoms with Crippen LogP contribution < -0.4 is 11.1 Å². The minimum Gasteiger partial charge on any atom is -0.464 e. The zero-order chi connectivity index (χ0) is 17.9. The number of para-hydroxylation sites is 2. The van der Waals surface area contributed by atoms with Gasteiger partial charge in [0.25, 0.3) is 0 Å². The minimum atomic E-state index is -0.545. The molecule has 0 aliphatic carbocycles. The number of hydrogen-bond acceptors (Lipinski definition) is 5. The van der Waals surface area contributed by atoms with E-state index in [0.717, 1.165) is 11.3 Å². The molecule has 1 aromatic carbocycles. The molecule has 4 aromatic rings. The molecule has 0 atom stereocenters. The normalized spacial score (nSPS) is 11.1. The Morgan fingerprint density at radius 3 is 2.92 bits per heavy atom. The van der Waals surface area contributed by atoms with Crippen molar-refractivity contribution in [3.8, 4) is 11.3 Å². The molecule has 26 heavy (non-hydrogen) atoms. The van der Waals surface area contributed by atoms with Crippen LogP contribution in [0.4, 0.5) is 0 Å². The van der Waals surface area contributed by atoms with E-state index in [1.807, 2.05) is 18.3 Å². The highest BCUT2D eigenvalue weighted by Crippen LogP contribution is 2.18. The van der Waals surface area contributed by atoms with Crippen molar-refractivity contribution in [2.24, 2.45) is 0 Å². The quantitative estimate of drug-likeness (QED) is 0.571. The summed E-state index contributed by atoms with van der Waals surface area (Å²) in [5.74, 6) is -0.0694. The van der Waals surface area contributed by atoms with Crippen LogP contribution in [0.15, 0.2) is 68.7 Å². The van der Waals surface area contributed by atoms with Crippen LogP contribution in [0.5, 0.6) is 0 Å². The second-order valence-corrected chi connectivity index (χ2v) is 5.74. The predicted molar refractivity (Wildman–Crippen MR) is 93.4 cm³/mol. The van der Waals surface area contributed by atoms with Gasteiger partial charge in [0.1, 0.15) is 12.3 Å². The van der Waals surface area contributed by atoms with Gasteiger partial charge in [-0.25, -0.2) is 4.79 Å². The summed E-state index contributed by atoms with van der Waals surface area (Å²) in [7, 11) is 0. The molecule has 1 N–H and O–H groups in total. The van der Waals surface area contributed by atoms with Crippen molar-refractivity contribution in [1.82, 2.24) is 19.7 Å². The van der Waals surface area contributed by atoms with Gasteiger partial charge in [0, 0.05) is 12.7 Å². The van der Waals surface area contributed by atoms with Crippen molar-refractivity contribution >= 4 is 17.0 Å². The molecule has 0 aliphatic rings. The number of fused-ring (bicyclic) bond motifs is 1. The van der Waals surface area contributed by atoms with Crippen molar-refractivity contribution in [2.75, 3.05) is 6.54 Å². The number of aromatic nitrogens is 3. The number of furan rings is 1. The molecule has 8 heteroatoms. The largest absolute Gasteiger partial charge is 0.464 e. The molecule has 0 aliphatic heterocycles. The number of hydrogen-bond donors (Lipinski definition) is 1. The molecule has 8 nitrogen and oxygen atoms in total. The highest BCUT2D eigenvalue weighted by atomic mass is 16.4. The fourth-order valence-electron chi connectivity index (χ4n) is 2.73. The van der Waals surface area contributed by atoms with E-state index < -0.39 is 5.76 Å². The third-order valence-corrected chi connectivity index (χ3v) is 3.98. The number of benzene rings is 1. The van der Waals surface area contributed by atoms with Crippen LogP contribution in [-0.2, 0) is 17.9 Å². The fraction of sp³-hybridized carbons (Fsp3) is 0.167. The van der Waals surface area contributed by atoms with Crippen molar-refractivity contribution in [3.05, 3.63) is 65.6 Å². The number of rotatable bonds is 6. The topological polar surface area (TPSA) is 95.2 Å². The number of carbonyl (C=O) groups excluding carboxylic acids is 1. The van der Waals surface area contributed by atoms with Crippen LogP contribution in [-0.4, -0.2) is 26.8 Å². The zero-order valence-electron chi connectivity index (χ0n) is 13.8. The number of nitrogens with zero attached hydrogens (tertiary/aromatic N) is 3. The summed E-state index contributed by atoms with van der Waals surface area (Å²) in [4.78, 5) is 24.0. The molecule has 0 fully saturated rings. The first kappa shape index (κ1) is 15.9. The van der Waals surface area contributed by atoms with E-state index in [0.29, 0.717) is 24.2 Å². The summed E-state index contributed by atoms with van der Waals surface area (Å²) in [6.45, 7) is 0.808. The molecular formula is C18H16N4O4. The van der Waals surface area contributed by atoms with Crippen molar-refractivity contribution in [3.63, 3.8) is 0 Å². The van der Waals surface area contributed by atoms with Gasteiger partial charge in [-0.1, -0.05) is 12.1 Å². The summed E-state index contributed by atoms with van der Waals surface area (Å²) in [6.07, 6.45) is 5.16. The van der Waals surface area contributed by atoms with E-state index in [9.17, 15) is 9.59 Å². The van der Waals surface area contributed by atoms with E-state index in [4.69, 9.17) is 8.83 Å². The lowest BCUT2D eigenvalue weighted by atomic mass is 10.3. The van der Waals surface area contributed by atoms with Gasteiger partial charge < -0.3 is 14.2 Å². The lowest BCUT2D eigenvalue weighted by molar-refractivity contribution is -0.121. The fourth-order valence-corrected chi connectivity index (χ4v) is 2.73. The average Bonchev–Trinajstić information content (AvgIpc) is 3.36. The lowest BCUT2D eigenvalue weighted by Gasteiger charge is -2.06. The van der Waals surface area contributed by atoms with Gasteiger partial charge in [-0.2, -0.15) is 5.10 Å². The van der Waals surface area contributed by atoms with Crippen LogP contribution in [0.3, 0.4) is 0 Å². The molecule has 0 radical (unpaired) electrons. The third kappa shape index (κ3) is 3.16. The van der Waals surface area contributed by atoms with E-state index in [1.165, 1.54) is 4.57 Å². The molecule has 0 bridgehead atoms. The summed E-state index contributed by atoms with van der Waals surface area (Å²) in [5, 5.41) is 7.02. The summed E-state index contributed by atoms with van der Waals surface area (Å²) in [5.41, 5.74) is 1.94. The van der Waals surface area contributed by atoms with Crippen molar-refractivity contribution < 1.29 is 13.6 Å². The SMILES string of the molecule is O=C(Cn1c(=O)oc2ccccc21)NCCn1cc(-c2ccco2)cn1. The Labute approximate surface area is 147 Å². The van der Waals surface area contributed by atoms with Gasteiger partial charge in [-0.05, 0) is 24.3 Å². The van der Waals surface area contributed by atoms with Crippen LogP contribution in [0.1, 0.15) is 0 Å². The standard InChI is InChI=1S/C18H16N4O4/c23-17(12-22-14-4-1-2-5-16(14)26-18(22)24)19-7-8-21-11-13(10-20-21)15-6-3-9-25-15/h1-6,9-11H,7-8,12H2,(H,19,23). The van der Waals surface area contributed by atoms with E-state index in [-0.39, 0.29) is 12.5 Å². The van der Waals surface area contributed by atoms with Crippen LogP contribution in [0.2, 0.25) is 0 Å². The van der Waals surface area contributed by atoms with Crippen molar-refractivity contribution in [1.29, 1.82) is 0 Å². The number of amides is 1. The average molecular weight is 352 g/mol. The van der Waals surface area contributed by atoms with Crippen molar-refractivity contribution in [2.45, 2.75) is 13.1 Å². The second kappa shape index (κ2) is 6.75. The maximum Gasteiger partial charge on any atom is 0.420 e. The minimum absolute atomic E-state index is 0.0907. The Kier molecular flexibility index (Phi) is 4.14. The maximum atomic E-state index is 12.1. The van der Waals surface area contributed by atoms with Crippen LogP contribution >= 0.6 is 0 Å². The van der Waals surface area contributed by atoms with Gasteiger partial charge >= 0.3 is 5.76 Å². The van der Waals surface area contributed by atoms with Gasteiger partial charge in [0.2, 0.25) is 5.91 Å². The molecule has 132 valence electrons. The first-order valence-electron chi connectivity index (χ1n) is 8.12. The van der Waals surface area contributed by atoms with E-state index in [2.05, 4.69) is 10.4 Å². The lowest BCUT2D eigenvalue weighted by Crippen LogP contribution is -2.32. The van der Waals surface area contributed by atoms with E-state index >= 15 is 0 Å². The second-order valence-electron chi connectivity index (χ2n) is 5.74. The summed E-state index contributed by atoms with van der Waals surface area (Å²) >= 11 is 0. The predicted octanol–water partition coefficient (Wildman–Crippen LogP) is 1.87. The van der Waals surface area contributed by atoms with Crippen LogP contribution in [0, 0.1) is 0 Å². The maximum absolute atomic E-state index is 12.1. The molecule has 3 heterocycles.